The molecule has 28 heavy (non-hydrogen) atoms. The fourth-order valence-corrected chi connectivity index (χ4v) is 4.77. The summed E-state index contributed by atoms with van der Waals surface area (Å²) in [5, 5.41) is 0. The Kier molecular flexibility index (Phi) is 5.68. The van der Waals surface area contributed by atoms with Crippen molar-refractivity contribution in [2.75, 3.05) is 13.1 Å². The van der Waals surface area contributed by atoms with E-state index in [4.69, 9.17) is 9.15 Å². The average molecular weight is 406 g/mol. The third-order valence-electron chi connectivity index (χ3n) is 4.93. The van der Waals surface area contributed by atoms with Crippen molar-refractivity contribution in [2.45, 2.75) is 57.0 Å². The van der Waals surface area contributed by atoms with E-state index < -0.39 is 15.6 Å². The quantitative estimate of drug-likeness (QED) is 0.778. The molecule has 1 aromatic carbocycles. The molecule has 2 heterocycles. The van der Waals surface area contributed by atoms with E-state index in [0.29, 0.717) is 42.3 Å². The van der Waals surface area contributed by atoms with Gasteiger partial charge < -0.3 is 9.15 Å². The number of rotatable bonds is 4. The van der Waals surface area contributed by atoms with Gasteiger partial charge in [-0.15, -0.1) is 0 Å². The van der Waals surface area contributed by atoms with Crippen molar-refractivity contribution in [1.82, 2.24) is 4.31 Å². The van der Waals surface area contributed by atoms with E-state index in [-0.39, 0.29) is 11.5 Å². The van der Waals surface area contributed by atoms with Crippen LogP contribution in [-0.2, 0) is 15.4 Å². The van der Waals surface area contributed by atoms with Crippen LogP contribution in [0.2, 0.25) is 0 Å². The fraction of sp³-hybridized carbons (Fsp3) is 0.476. The molecule has 1 fully saturated rings. The second-order valence-corrected chi connectivity index (χ2v) is 10.2. The van der Waals surface area contributed by atoms with Gasteiger partial charge in [0.1, 0.15) is 17.6 Å². The highest BCUT2D eigenvalue weighted by atomic mass is 32.2. The highest BCUT2D eigenvalue weighted by Gasteiger charge is 2.30. The number of aryl methyl sites for hydroxylation is 1. The maximum absolute atomic E-state index is 12.9. The standard InChI is InChI=1S/C21H27NO5S/c1-15-13-18(14-20(23)26-15)27-17-9-11-22(12-10-17)28(24,25)19-7-5-16(6-8-19)21(2,3)4/h5-8,13-14,17H,9-12H2,1-4H3. The molecule has 1 saturated heterocycles. The lowest BCUT2D eigenvalue weighted by atomic mass is 9.87. The first kappa shape index (κ1) is 20.6. The number of nitrogens with zero attached hydrogens (tertiary/aromatic N) is 1. The van der Waals surface area contributed by atoms with Gasteiger partial charge in [0.15, 0.2) is 0 Å². The minimum absolute atomic E-state index is 0.0228. The van der Waals surface area contributed by atoms with E-state index in [2.05, 4.69) is 20.8 Å². The first-order chi connectivity index (χ1) is 13.1. The van der Waals surface area contributed by atoms with E-state index in [1.807, 2.05) is 12.1 Å². The number of benzene rings is 1. The molecule has 2 aromatic rings. The van der Waals surface area contributed by atoms with Crippen LogP contribution in [0, 0.1) is 6.92 Å². The molecule has 0 unspecified atom stereocenters. The maximum atomic E-state index is 12.9. The van der Waals surface area contributed by atoms with E-state index in [0.717, 1.165) is 5.56 Å². The lowest BCUT2D eigenvalue weighted by Crippen LogP contribution is -2.41. The molecule has 1 aromatic heterocycles. The summed E-state index contributed by atoms with van der Waals surface area (Å²) in [6.45, 7) is 8.75. The summed E-state index contributed by atoms with van der Waals surface area (Å²) in [5.41, 5.74) is 0.625. The van der Waals surface area contributed by atoms with Crippen LogP contribution in [0.4, 0.5) is 0 Å². The SMILES string of the molecule is Cc1cc(OC2CCN(S(=O)(=O)c3ccc(C(C)(C)C)cc3)CC2)cc(=O)o1. The van der Waals surface area contributed by atoms with Gasteiger partial charge in [-0.25, -0.2) is 13.2 Å². The molecule has 3 rings (SSSR count). The Balaban J connectivity index is 1.65. The molecule has 1 aliphatic rings. The fourth-order valence-electron chi connectivity index (χ4n) is 3.30. The zero-order chi connectivity index (χ0) is 20.5. The number of piperidine rings is 1. The molecular formula is C21H27NO5S. The van der Waals surface area contributed by atoms with Crippen molar-refractivity contribution in [1.29, 1.82) is 0 Å². The molecule has 0 saturated carbocycles. The zero-order valence-electron chi connectivity index (χ0n) is 16.8. The first-order valence-electron chi connectivity index (χ1n) is 9.45. The smallest absolute Gasteiger partial charge is 0.339 e. The number of hydrogen-bond acceptors (Lipinski definition) is 5. The van der Waals surface area contributed by atoms with Gasteiger partial charge >= 0.3 is 5.63 Å². The van der Waals surface area contributed by atoms with Crippen LogP contribution in [0.15, 0.2) is 50.5 Å². The van der Waals surface area contributed by atoms with Crippen LogP contribution >= 0.6 is 0 Å². The van der Waals surface area contributed by atoms with Gasteiger partial charge in [0.25, 0.3) is 0 Å². The van der Waals surface area contributed by atoms with Crippen LogP contribution in [0.1, 0.15) is 44.9 Å². The predicted molar refractivity (Wildman–Crippen MR) is 107 cm³/mol. The van der Waals surface area contributed by atoms with Gasteiger partial charge in [0.05, 0.1) is 11.0 Å². The molecule has 0 atom stereocenters. The molecule has 0 bridgehead atoms. The monoisotopic (exact) mass is 405 g/mol. The molecule has 0 spiro atoms. The Morgan fingerprint density at radius 1 is 1.07 bits per heavy atom. The molecule has 0 N–H and O–H groups in total. The highest BCUT2D eigenvalue weighted by molar-refractivity contribution is 7.89. The summed E-state index contributed by atoms with van der Waals surface area (Å²) in [4.78, 5) is 11.8. The Hall–Kier alpha value is -2.12. The van der Waals surface area contributed by atoms with Crippen LogP contribution in [0.25, 0.3) is 0 Å². The van der Waals surface area contributed by atoms with Crippen LogP contribution in [-0.4, -0.2) is 31.9 Å². The minimum atomic E-state index is -3.52. The van der Waals surface area contributed by atoms with Crippen molar-refractivity contribution >= 4 is 10.0 Å². The van der Waals surface area contributed by atoms with Crippen molar-refractivity contribution in [3.63, 3.8) is 0 Å². The molecule has 0 aliphatic carbocycles. The molecule has 0 radical (unpaired) electrons. The van der Waals surface area contributed by atoms with Gasteiger partial charge in [-0.1, -0.05) is 32.9 Å². The van der Waals surface area contributed by atoms with Crippen molar-refractivity contribution in [3.8, 4) is 5.75 Å². The Morgan fingerprint density at radius 3 is 2.21 bits per heavy atom. The van der Waals surface area contributed by atoms with Crippen molar-refractivity contribution in [3.05, 3.63) is 58.1 Å². The lowest BCUT2D eigenvalue weighted by molar-refractivity contribution is 0.134. The third kappa shape index (κ3) is 4.64. The summed E-state index contributed by atoms with van der Waals surface area (Å²) in [6, 6.07) is 10.1. The topological polar surface area (TPSA) is 76.8 Å². The zero-order valence-corrected chi connectivity index (χ0v) is 17.6. The van der Waals surface area contributed by atoms with Crippen molar-refractivity contribution < 1.29 is 17.6 Å². The molecule has 152 valence electrons. The highest BCUT2D eigenvalue weighted by Crippen LogP contribution is 2.27. The predicted octanol–water partition coefficient (Wildman–Crippen LogP) is 3.48. The van der Waals surface area contributed by atoms with Gasteiger partial charge in [0, 0.05) is 19.2 Å². The Morgan fingerprint density at radius 2 is 1.68 bits per heavy atom. The van der Waals surface area contributed by atoms with Gasteiger partial charge in [-0.3, -0.25) is 0 Å². The summed E-state index contributed by atoms with van der Waals surface area (Å²) in [7, 11) is -3.52. The Labute approximate surface area is 166 Å². The molecule has 0 amide bonds. The van der Waals surface area contributed by atoms with Gasteiger partial charge in [-0.2, -0.15) is 4.31 Å². The normalized spacial score (nSPS) is 16.9. The summed E-state index contributed by atoms with van der Waals surface area (Å²) < 4.78 is 38.2. The van der Waals surface area contributed by atoms with Crippen molar-refractivity contribution in [2.24, 2.45) is 0 Å². The summed E-state index contributed by atoms with van der Waals surface area (Å²) in [6.07, 6.45) is 1.01. The van der Waals surface area contributed by atoms with Crippen LogP contribution < -0.4 is 10.4 Å². The number of sulfonamides is 1. The van der Waals surface area contributed by atoms with Gasteiger partial charge in [-0.05, 0) is 42.9 Å². The second kappa shape index (κ2) is 7.72. The molecular weight excluding hydrogens is 378 g/mol. The number of hydrogen-bond donors (Lipinski definition) is 0. The number of ether oxygens (including phenoxy) is 1. The summed E-state index contributed by atoms with van der Waals surface area (Å²) >= 11 is 0. The molecule has 1 aliphatic heterocycles. The Bertz CT molecular complexity index is 979. The van der Waals surface area contributed by atoms with Gasteiger partial charge in [0.2, 0.25) is 10.0 Å². The summed E-state index contributed by atoms with van der Waals surface area (Å²) in [5.74, 6) is 0.953. The second-order valence-electron chi connectivity index (χ2n) is 8.22. The average Bonchev–Trinajstić information content (AvgIpc) is 2.61. The lowest BCUT2D eigenvalue weighted by Gasteiger charge is -2.31. The minimum Gasteiger partial charge on any atom is -0.490 e. The van der Waals surface area contributed by atoms with Crippen LogP contribution in [0.3, 0.4) is 0 Å². The molecule has 6 nitrogen and oxygen atoms in total. The largest absolute Gasteiger partial charge is 0.490 e. The van der Waals surface area contributed by atoms with E-state index in [1.54, 1.807) is 25.1 Å². The molecule has 7 heteroatoms. The van der Waals surface area contributed by atoms with Crippen LogP contribution in [0.5, 0.6) is 5.75 Å². The van der Waals surface area contributed by atoms with E-state index in [1.165, 1.54) is 10.4 Å². The maximum Gasteiger partial charge on any atom is 0.339 e. The third-order valence-corrected chi connectivity index (χ3v) is 6.84. The van der Waals surface area contributed by atoms with E-state index >= 15 is 0 Å². The van der Waals surface area contributed by atoms with E-state index in [9.17, 15) is 13.2 Å². The first-order valence-corrected chi connectivity index (χ1v) is 10.9.